The van der Waals surface area contributed by atoms with Gasteiger partial charge in [-0.3, -0.25) is 18.7 Å². The van der Waals surface area contributed by atoms with Gasteiger partial charge in [-0.15, -0.1) is 11.3 Å². The maximum Gasteiger partial charge on any atom is 0.331 e. The lowest BCUT2D eigenvalue weighted by Gasteiger charge is -2.28. The molecule has 0 radical (unpaired) electrons. The van der Waals surface area contributed by atoms with E-state index >= 15 is 0 Å². The highest BCUT2D eigenvalue weighted by Crippen LogP contribution is 2.29. The third kappa shape index (κ3) is 3.39. The zero-order valence-electron chi connectivity index (χ0n) is 16.9. The van der Waals surface area contributed by atoms with E-state index in [2.05, 4.69) is 0 Å². The number of hydrogen-bond donors (Lipinski definition) is 0. The van der Waals surface area contributed by atoms with Crippen LogP contribution in [0.3, 0.4) is 0 Å². The number of amides is 1. The van der Waals surface area contributed by atoms with Crippen LogP contribution in [0, 0.1) is 0 Å². The number of hydrogen-bond acceptors (Lipinski definition) is 5. The molecule has 0 fully saturated rings. The highest BCUT2D eigenvalue weighted by molar-refractivity contribution is 7.20. The number of aryl methyl sites for hydroxylation is 1. The number of furan rings is 1. The van der Waals surface area contributed by atoms with E-state index in [-0.39, 0.29) is 18.5 Å². The van der Waals surface area contributed by atoms with E-state index in [9.17, 15) is 14.4 Å². The summed E-state index contributed by atoms with van der Waals surface area (Å²) in [6.07, 6.45) is 1.57. The molecule has 1 amide bonds. The second kappa shape index (κ2) is 7.79. The van der Waals surface area contributed by atoms with Gasteiger partial charge in [0.15, 0.2) is 0 Å². The Morgan fingerprint density at radius 3 is 2.50 bits per heavy atom. The molecule has 3 heterocycles. The number of carbonyl (C=O) groups excluding carboxylic acids is 1. The summed E-state index contributed by atoms with van der Waals surface area (Å²) in [5, 5.41) is 0.360. The Bertz CT molecular complexity index is 1320. The molecule has 1 atom stereocenters. The average molecular weight is 423 g/mol. The number of nitrogens with zero attached hydrogens (tertiary/aromatic N) is 3. The molecular formula is C22H21N3O4S. The van der Waals surface area contributed by atoms with Crippen molar-refractivity contribution < 1.29 is 9.21 Å². The summed E-state index contributed by atoms with van der Waals surface area (Å²) in [6, 6.07) is 14.7. The molecular weight excluding hydrogens is 402 g/mol. The van der Waals surface area contributed by atoms with Crippen LogP contribution in [0.25, 0.3) is 10.2 Å². The standard InChI is InChI=1S/C22H21N3O4S/c1-14(15-8-5-4-6-9-15)25(13-16-10-7-11-29-16)20(27)18-12-17-19(26)23(2)22(28)24(3)21(17)30-18/h4-12,14H,13H2,1-3H3/t14-/m0/s1. The molecule has 4 rings (SSSR count). The first kappa shape index (κ1) is 19.9. The maximum atomic E-state index is 13.5. The first-order chi connectivity index (χ1) is 14.4. The predicted molar refractivity (Wildman–Crippen MR) is 116 cm³/mol. The molecule has 154 valence electrons. The van der Waals surface area contributed by atoms with Gasteiger partial charge in [-0.2, -0.15) is 0 Å². The first-order valence-electron chi connectivity index (χ1n) is 9.46. The van der Waals surface area contributed by atoms with Crippen molar-refractivity contribution >= 4 is 27.5 Å². The highest BCUT2D eigenvalue weighted by Gasteiger charge is 2.26. The van der Waals surface area contributed by atoms with Gasteiger partial charge in [0.2, 0.25) is 0 Å². The molecule has 0 N–H and O–H groups in total. The summed E-state index contributed by atoms with van der Waals surface area (Å²) in [5.74, 6) is 0.439. The number of carbonyl (C=O) groups is 1. The predicted octanol–water partition coefficient (Wildman–Crippen LogP) is 3.30. The van der Waals surface area contributed by atoms with Gasteiger partial charge in [-0.05, 0) is 30.7 Å². The summed E-state index contributed by atoms with van der Waals surface area (Å²) in [7, 11) is 3.03. The lowest BCUT2D eigenvalue weighted by Crippen LogP contribution is -2.36. The Hall–Kier alpha value is -3.39. The van der Waals surface area contributed by atoms with Gasteiger partial charge in [0.05, 0.1) is 29.1 Å². The summed E-state index contributed by atoms with van der Waals surface area (Å²) in [5.41, 5.74) is 0.164. The summed E-state index contributed by atoms with van der Waals surface area (Å²) >= 11 is 1.15. The third-order valence-corrected chi connectivity index (χ3v) is 6.45. The maximum absolute atomic E-state index is 13.5. The Balaban J connectivity index is 1.80. The SMILES string of the molecule is C[C@@H](c1ccccc1)N(Cc1ccco1)C(=O)c1cc2c(=O)n(C)c(=O)n(C)c2s1. The quantitative estimate of drug-likeness (QED) is 0.494. The molecule has 8 heteroatoms. The van der Waals surface area contributed by atoms with E-state index in [1.54, 1.807) is 30.3 Å². The molecule has 0 aliphatic heterocycles. The van der Waals surface area contributed by atoms with Crippen LogP contribution in [0.5, 0.6) is 0 Å². The van der Waals surface area contributed by atoms with Crippen molar-refractivity contribution in [2.75, 3.05) is 0 Å². The summed E-state index contributed by atoms with van der Waals surface area (Å²) in [6.45, 7) is 2.24. The Morgan fingerprint density at radius 2 is 1.83 bits per heavy atom. The second-order valence-corrected chi connectivity index (χ2v) is 8.16. The van der Waals surface area contributed by atoms with Crippen molar-refractivity contribution in [3.63, 3.8) is 0 Å². The minimum atomic E-state index is -0.418. The van der Waals surface area contributed by atoms with Crippen LogP contribution in [0.2, 0.25) is 0 Å². The molecule has 0 unspecified atom stereocenters. The Labute approximate surface area is 176 Å². The van der Waals surface area contributed by atoms with Gasteiger partial charge in [-0.1, -0.05) is 30.3 Å². The van der Waals surface area contributed by atoms with E-state index in [0.29, 0.717) is 20.9 Å². The van der Waals surface area contributed by atoms with Crippen LogP contribution in [0.15, 0.2) is 68.8 Å². The minimum absolute atomic E-state index is 0.222. The molecule has 30 heavy (non-hydrogen) atoms. The zero-order valence-corrected chi connectivity index (χ0v) is 17.7. The fraction of sp³-hybridized carbons (Fsp3) is 0.227. The number of thiophene rings is 1. The van der Waals surface area contributed by atoms with Crippen molar-refractivity contribution in [1.82, 2.24) is 14.0 Å². The van der Waals surface area contributed by atoms with E-state index in [0.717, 1.165) is 21.5 Å². The van der Waals surface area contributed by atoms with Crippen LogP contribution >= 0.6 is 11.3 Å². The van der Waals surface area contributed by atoms with Crippen molar-refractivity contribution in [3.05, 3.63) is 91.8 Å². The topological polar surface area (TPSA) is 77.5 Å². The van der Waals surface area contributed by atoms with Crippen molar-refractivity contribution in [2.24, 2.45) is 14.1 Å². The van der Waals surface area contributed by atoms with Crippen molar-refractivity contribution in [1.29, 1.82) is 0 Å². The van der Waals surface area contributed by atoms with Gasteiger partial charge in [-0.25, -0.2) is 4.79 Å². The molecule has 4 aromatic rings. The summed E-state index contributed by atoms with van der Waals surface area (Å²) in [4.78, 5) is 40.9. The molecule has 3 aromatic heterocycles. The van der Waals surface area contributed by atoms with E-state index in [4.69, 9.17) is 4.42 Å². The largest absolute Gasteiger partial charge is 0.467 e. The Kier molecular flexibility index (Phi) is 5.17. The molecule has 1 aromatic carbocycles. The van der Waals surface area contributed by atoms with Gasteiger partial charge in [0.25, 0.3) is 11.5 Å². The number of fused-ring (bicyclic) bond motifs is 1. The monoisotopic (exact) mass is 423 g/mol. The fourth-order valence-corrected chi connectivity index (χ4v) is 4.54. The van der Waals surface area contributed by atoms with Crippen molar-refractivity contribution in [2.45, 2.75) is 19.5 Å². The summed E-state index contributed by atoms with van der Waals surface area (Å²) < 4.78 is 7.93. The van der Waals surface area contributed by atoms with Crippen molar-refractivity contribution in [3.8, 4) is 0 Å². The first-order valence-corrected chi connectivity index (χ1v) is 10.3. The second-order valence-electron chi connectivity index (χ2n) is 7.13. The van der Waals surface area contributed by atoms with Gasteiger partial charge >= 0.3 is 5.69 Å². The molecule has 0 saturated heterocycles. The van der Waals surface area contributed by atoms with Crippen LogP contribution < -0.4 is 11.2 Å². The zero-order chi connectivity index (χ0) is 21.4. The molecule has 0 aliphatic carbocycles. The molecule has 0 bridgehead atoms. The van der Waals surface area contributed by atoms with Crippen LogP contribution in [-0.2, 0) is 20.6 Å². The van der Waals surface area contributed by atoms with E-state index < -0.39 is 11.2 Å². The van der Waals surface area contributed by atoms with E-state index in [1.165, 1.54) is 11.6 Å². The third-order valence-electron chi connectivity index (χ3n) is 5.25. The number of rotatable bonds is 5. The van der Waals surface area contributed by atoms with Gasteiger partial charge < -0.3 is 9.32 Å². The molecule has 0 spiro atoms. The fourth-order valence-electron chi connectivity index (χ4n) is 3.48. The normalized spacial score (nSPS) is 12.2. The van der Waals surface area contributed by atoms with Gasteiger partial charge in [0, 0.05) is 14.1 Å². The average Bonchev–Trinajstić information content (AvgIpc) is 3.44. The lowest BCUT2D eigenvalue weighted by molar-refractivity contribution is 0.0664. The number of benzene rings is 1. The van der Waals surface area contributed by atoms with Gasteiger partial charge in [0.1, 0.15) is 10.6 Å². The molecule has 7 nitrogen and oxygen atoms in total. The molecule has 0 saturated carbocycles. The molecule has 0 aliphatic rings. The Morgan fingerprint density at radius 1 is 1.10 bits per heavy atom. The minimum Gasteiger partial charge on any atom is -0.467 e. The number of aromatic nitrogens is 2. The van der Waals surface area contributed by atoms with Crippen LogP contribution in [0.4, 0.5) is 0 Å². The smallest absolute Gasteiger partial charge is 0.331 e. The highest BCUT2D eigenvalue weighted by atomic mass is 32.1. The van der Waals surface area contributed by atoms with E-state index in [1.807, 2.05) is 43.3 Å². The van der Waals surface area contributed by atoms with Crippen LogP contribution in [-0.4, -0.2) is 19.9 Å². The lowest BCUT2D eigenvalue weighted by atomic mass is 10.1. The van der Waals surface area contributed by atoms with Crippen LogP contribution in [0.1, 0.15) is 34.0 Å².